The highest BCUT2D eigenvalue weighted by molar-refractivity contribution is 5.79. The lowest BCUT2D eigenvalue weighted by atomic mass is 9.89. The SMILES string of the molecule is C[C@@H](c1ccc(F)cc1)N(C)C(=O)CN1[C@H]2CC[C@H]1[C@@H](C(=O)OC(C)(C)C)C2. The van der Waals surface area contributed by atoms with Crippen LogP contribution in [0.15, 0.2) is 24.3 Å². The quantitative estimate of drug-likeness (QED) is 0.722. The molecule has 2 heterocycles. The van der Waals surface area contributed by atoms with Crippen LogP contribution in [0.4, 0.5) is 4.39 Å². The maximum Gasteiger partial charge on any atom is 0.311 e. The van der Waals surface area contributed by atoms with Crippen LogP contribution in [0.2, 0.25) is 0 Å². The molecule has 2 bridgehead atoms. The molecular weight excluding hydrogens is 359 g/mol. The molecule has 1 aromatic carbocycles. The van der Waals surface area contributed by atoms with E-state index < -0.39 is 5.60 Å². The Morgan fingerprint density at radius 2 is 1.89 bits per heavy atom. The largest absolute Gasteiger partial charge is 0.460 e. The van der Waals surface area contributed by atoms with Crippen molar-refractivity contribution in [2.75, 3.05) is 13.6 Å². The van der Waals surface area contributed by atoms with E-state index in [4.69, 9.17) is 4.74 Å². The number of esters is 1. The van der Waals surface area contributed by atoms with Gasteiger partial charge < -0.3 is 9.64 Å². The standard InChI is InChI=1S/C22H31FN2O3/c1-14(15-6-8-16(23)9-7-15)24(5)20(26)13-25-17-10-11-19(25)18(12-17)21(27)28-22(2,3)4/h6-9,14,17-19H,10-13H2,1-5H3/t14-,17-,18-,19-/m0/s1. The van der Waals surface area contributed by atoms with Gasteiger partial charge in [0.05, 0.1) is 18.5 Å². The van der Waals surface area contributed by atoms with Crippen molar-refractivity contribution in [1.82, 2.24) is 9.80 Å². The monoisotopic (exact) mass is 390 g/mol. The van der Waals surface area contributed by atoms with Gasteiger partial charge in [0.2, 0.25) is 5.91 Å². The van der Waals surface area contributed by atoms with Crippen LogP contribution in [-0.2, 0) is 14.3 Å². The average molecular weight is 390 g/mol. The van der Waals surface area contributed by atoms with Crippen molar-refractivity contribution >= 4 is 11.9 Å². The molecule has 2 aliphatic heterocycles. The Balaban J connectivity index is 1.62. The summed E-state index contributed by atoms with van der Waals surface area (Å²) in [5.41, 5.74) is 0.401. The van der Waals surface area contributed by atoms with Crippen LogP contribution in [0, 0.1) is 11.7 Å². The number of benzene rings is 1. The Morgan fingerprint density at radius 1 is 1.25 bits per heavy atom. The summed E-state index contributed by atoms with van der Waals surface area (Å²) in [7, 11) is 1.78. The van der Waals surface area contributed by atoms with Crippen LogP contribution in [0.25, 0.3) is 0 Å². The zero-order valence-electron chi connectivity index (χ0n) is 17.4. The summed E-state index contributed by atoms with van der Waals surface area (Å²) in [5, 5.41) is 0. The van der Waals surface area contributed by atoms with E-state index in [1.54, 1.807) is 24.1 Å². The Labute approximate surface area is 166 Å². The molecule has 4 atom stereocenters. The third-order valence-electron chi connectivity index (χ3n) is 6.04. The van der Waals surface area contributed by atoms with Gasteiger partial charge in [0, 0.05) is 19.1 Å². The van der Waals surface area contributed by atoms with Crippen molar-refractivity contribution in [1.29, 1.82) is 0 Å². The van der Waals surface area contributed by atoms with E-state index >= 15 is 0 Å². The lowest BCUT2D eigenvalue weighted by Gasteiger charge is -2.30. The Kier molecular flexibility index (Phi) is 5.80. The fourth-order valence-electron chi connectivity index (χ4n) is 4.43. The van der Waals surface area contributed by atoms with Crippen LogP contribution in [0.3, 0.4) is 0 Å². The first-order valence-electron chi connectivity index (χ1n) is 10.1. The van der Waals surface area contributed by atoms with Gasteiger partial charge in [-0.1, -0.05) is 12.1 Å². The van der Waals surface area contributed by atoms with Gasteiger partial charge in [-0.3, -0.25) is 14.5 Å². The summed E-state index contributed by atoms with van der Waals surface area (Å²) >= 11 is 0. The number of rotatable bonds is 5. The summed E-state index contributed by atoms with van der Waals surface area (Å²) in [5.74, 6) is -0.568. The molecule has 5 nitrogen and oxygen atoms in total. The number of carbonyl (C=O) groups excluding carboxylic acids is 2. The molecule has 0 aromatic heterocycles. The smallest absolute Gasteiger partial charge is 0.311 e. The van der Waals surface area contributed by atoms with Crippen LogP contribution < -0.4 is 0 Å². The Morgan fingerprint density at radius 3 is 2.50 bits per heavy atom. The zero-order valence-corrected chi connectivity index (χ0v) is 17.4. The van der Waals surface area contributed by atoms with E-state index in [1.807, 2.05) is 27.7 Å². The highest BCUT2D eigenvalue weighted by atomic mass is 19.1. The van der Waals surface area contributed by atoms with Crippen LogP contribution in [0.1, 0.15) is 58.6 Å². The van der Waals surface area contributed by atoms with Gasteiger partial charge in [-0.25, -0.2) is 4.39 Å². The lowest BCUT2D eigenvalue weighted by Crippen LogP contribution is -2.43. The molecule has 0 saturated carbocycles. The number of nitrogens with zero attached hydrogens (tertiary/aromatic N) is 2. The molecule has 1 amide bonds. The molecule has 0 N–H and O–H groups in total. The molecule has 0 radical (unpaired) electrons. The maximum atomic E-state index is 13.2. The average Bonchev–Trinajstić information content (AvgIpc) is 3.16. The number of carbonyl (C=O) groups is 2. The maximum absolute atomic E-state index is 13.2. The first-order chi connectivity index (χ1) is 13.1. The minimum Gasteiger partial charge on any atom is -0.460 e. The van der Waals surface area contributed by atoms with Crippen LogP contribution >= 0.6 is 0 Å². The van der Waals surface area contributed by atoms with E-state index in [2.05, 4.69) is 4.90 Å². The predicted molar refractivity (Wildman–Crippen MR) is 105 cm³/mol. The van der Waals surface area contributed by atoms with Gasteiger partial charge in [-0.15, -0.1) is 0 Å². The lowest BCUT2D eigenvalue weighted by molar-refractivity contribution is -0.161. The van der Waals surface area contributed by atoms with Gasteiger partial charge in [0.15, 0.2) is 0 Å². The van der Waals surface area contributed by atoms with Crippen LogP contribution in [0.5, 0.6) is 0 Å². The summed E-state index contributed by atoms with van der Waals surface area (Å²) < 4.78 is 18.7. The van der Waals surface area contributed by atoms with Crippen molar-refractivity contribution in [2.24, 2.45) is 5.92 Å². The van der Waals surface area contributed by atoms with E-state index in [9.17, 15) is 14.0 Å². The minimum absolute atomic E-state index is 0.0126. The molecule has 0 unspecified atom stereocenters. The zero-order chi connectivity index (χ0) is 20.6. The number of hydrogen-bond donors (Lipinski definition) is 0. The number of fused-ring (bicyclic) bond motifs is 2. The molecule has 0 aliphatic carbocycles. The summed E-state index contributed by atoms with van der Waals surface area (Å²) in [6.45, 7) is 7.88. The summed E-state index contributed by atoms with van der Waals surface area (Å²) in [6.07, 6.45) is 2.72. The molecule has 0 spiro atoms. The van der Waals surface area contributed by atoms with E-state index in [0.29, 0.717) is 6.54 Å². The fourth-order valence-corrected chi connectivity index (χ4v) is 4.43. The summed E-state index contributed by atoms with van der Waals surface area (Å²) in [4.78, 5) is 29.3. The molecule has 2 aliphatic rings. The minimum atomic E-state index is -0.496. The number of amides is 1. The van der Waals surface area contributed by atoms with Gasteiger partial charge in [0.1, 0.15) is 11.4 Å². The second kappa shape index (κ2) is 7.82. The Hall–Kier alpha value is -1.95. The van der Waals surface area contributed by atoms with Gasteiger partial charge in [0.25, 0.3) is 0 Å². The highest BCUT2D eigenvalue weighted by Gasteiger charge is 2.50. The number of halogens is 1. The van der Waals surface area contributed by atoms with Gasteiger partial charge >= 0.3 is 5.97 Å². The van der Waals surface area contributed by atoms with Crippen LogP contribution in [-0.4, -0.2) is 53.0 Å². The topological polar surface area (TPSA) is 49.9 Å². The molecule has 3 rings (SSSR count). The van der Waals surface area contributed by atoms with Crippen molar-refractivity contribution in [3.05, 3.63) is 35.6 Å². The normalized spacial score (nSPS) is 25.6. The van der Waals surface area contributed by atoms with Crippen molar-refractivity contribution < 1.29 is 18.7 Å². The molecule has 1 aromatic rings. The second-order valence-electron chi connectivity index (χ2n) is 9.08. The Bertz CT molecular complexity index is 728. The molecule has 6 heteroatoms. The number of ether oxygens (including phenoxy) is 1. The first kappa shape index (κ1) is 20.8. The molecule has 154 valence electrons. The summed E-state index contributed by atoms with van der Waals surface area (Å²) in [6, 6.07) is 6.45. The predicted octanol–water partition coefficient (Wildman–Crippen LogP) is 3.54. The highest BCUT2D eigenvalue weighted by Crippen LogP contribution is 2.42. The van der Waals surface area contributed by atoms with Gasteiger partial charge in [-0.2, -0.15) is 0 Å². The molecular formula is C22H31FN2O3. The second-order valence-corrected chi connectivity index (χ2v) is 9.08. The molecule has 28 heavy (non-hydrogen) atoms. The third kappa shape index (κ3) is 4.37. The molecule has 2 fully saturated rings. The number of likely N-dealkylation sites (N-methyl/N-ethyl adjacent to an activating group) is 1. The van der Waals surface area contributed by atoms with Gasteiger partial charge in [-0.05, 0) is 64.7 Å². The molecule has 2 saturated heterocycles. The number of hydrogen-bond acceptors (Lipinski definition) is 4. The first-order valence-corrected chi connectivity index (χ1v) is 10.1. The van der Waals surface area contributed by atoms with Crippen molar-refractivity contribution in [2.45, 2.75) is 70.7 Å². The van der Waals surface area contributed by atoms with Crippen molar-refractivity contribution in [3.63, 3.8) is 0 Å². The van der Waals surface area contributed by atoms with E-state index in [-0.39, 0.29) is 41.7 Å². The van der Waals surface area contributed by atoms with Crippen molar-refractivity contribution in [3.8, 4) is 0 Å². The third-order valence-corrected chi connectivity index (χ3v) is 6.04. The van der Waals surface area contributed by atoms with E-state index in [1.165, 1.54) is 12.1 Å². The fraction of sp³-hybridized carbons (Fsp3) is 0.636. The van der Waals surface area contributed by atoms with E-state index in [0.717, 1.165) is 24.8 Å².